The van der Waals surface area contributed by atoms with Gasteiger partial charge in [0.25, 0.3) is 0 Å². The Morgan fingerprint density at radius 1 is 1.35 bits per heavy atom. The molecule has 23 heavy (non-hydrogen) atoms. The number of rotatable bonds is 2. The fraction of sp³-hybridized carbons (Fsp3) is 0.529. The van der Waals surface area contributed by atoms with Crippen molar-refractivity contribution in [3.63, 3.8) is 0 Å². The highest BCUT2D eigenvalue weighted by molar-refractivity contribution is 5.33. The van der Waals surface area contributed by atoms with E-state index in [0.29, 0.717) is 6.61 Å². The minimum atomic E-state index is -0.145. The van der Waals surface area contributed by atoms with Crippen LogP contribution in [0.25, 0.3) is 0 Å². The molecule has 0 unspecified atom stereocenters. The molecule has 0 radical (unpaired) electrons. The Balaban J connectivity index is 1.59. The topological polar surface area (TPSA) is 43.2 Å². The second kappa shape index (κ2) is 6.02. The van der Waals surface area contributed by atoms with E-state index >= 15 is 0 Å². The third-order valence-electron chi connectivity index (χ3n) is 4.96. The maximum atomic E-state index is 13.7. The number of aryl methyl sites for hydroxylation is 2. The summed E-state index contributed by atoms with van der Waals surface area (Å²) < 4.78 is 21.5. The molecule has 2 aromatic rings. The first-order valence-electron chi connectivity index (χ1n) is 8.20. The smallest absolute Gasteiger partial charge is 0.163 e. The average Bonchev–Trinajstić information content (AvgIpc) is 3.00. The molecular formula is C17H21FN4O. The highest BCUT2D eigenvalue weighted by Crippen LogP contribution is 2.37. The Kier molecular flexibility index (Phi) is 3.87. The van der Waals surface area contributed by atoms with Gasteiger partial charge in [0.2, 0.25) is 0 Å². The number of aromatic nitrogens is 3. The van der Waals surface area contributed by atoms with Crippen molar-refractivity contribution >= 4 is 0 Å². The van der Waals surface area contributed by atoms with E-state index in [2.05, 4.69) is 15.1 Å². The van der Waals surface area contributed by atoms with Gasteiger partial charge in [-0.05, 0) is 42.5 Å². The highest BCUT2D eigenvalue weighted by Gasteiger charge is 2.32. The Labute approximate surface area is 135 Å². The maximum Gasteiger partial charge on any atom is 0.163 e. The minimum absolute atomic E-state index is 0.0739. The van der Waals surface area contributed by atoms with E-state index in [-0.39, 0.29) is 18.0 Å². The normalized spacial score (nSPS) is 25.3. The molecule has 0 spiro atoms. The van der Waals surface area contributed by atoms with E-state index < -0.39 is 0 Å². The lowest BCUT2D eigenvalue weighted by Gasteiger charge is -2.40. The van der Waals surface area contributed by atoms with Gasteiger partial charge in [-0.2, -0.15) is 0 Å². The van der Waals surface area contributed by atoms with Gasteiger partial charge in [-0.1, -0.05) is 6.07 Å². The van der Waals surface area contributed by atoms with Crippen LogP contribution in [0.4, 0.5) is 4.39 Å². The van der Waals surface area contributed by atoms with Crippen LogP contribution in [0.3, 0.4) is 0 Å². The number of morpholine rings is 1. The molecule has 1 aliphatic carbocycles. The number of hydrogen-bond donors (Lipinski definition) is 0. The summed E-state index contributed by atoms with van der Waals surface area (Å²) >= 11 is 0. The van der Waals surface area contributed by atoms with Crippen molar-refractivity contribution in [3.8, 4) is 0 Å². The molecule has 0 amide bonds. The summed E-state index contributed by atoms with van der Waals surface area (Å²) in [6, 6.07) is 5.50. The third-order valence-corrected chi connectivity index (χ3v) is 4.96. The van der Waals surface area contributed by atoms with Gasteiger partial charge in [0.15, 0.2) is 5.82 Å². The van der Waals surface area contributed by atoms with Gasteiger partial charge in [-0.3, -0.25) is 4.90 Å². The number of nitrogens with zero attached hydrogens (tertiary/aromatic N) is 4. The van der Waals surface area contributed by atoms with Gasteiger partial charge < -0.3 is 9.30 Å². The number of ether oxygens (including phenoxy) is 1. The Morgan fingerprint density at radius 2 is 2.26 bits per heavy atom. The molecule has 1 aromatic carbocycles. The summed E-state index contributed by atoms with van der Waals surface area (Å²) in [5, 5.41) is 8.13. The van der Waals surface area contributed by atoms with Crippen molar-refractivity contribution < 1.29 is 9.13 Å². The second-order valence-electron chi connectivity index (χ2n) is 6.41. The van der Waals surface area contributed by atoms with Crippen molar-refractivity contribution in [2.45, 2.75) is 31.4 Å². The Bertz CT molecular complexity index is 702. The van der Waals surface area contributed by atoms with Gasteiger partial charge in [-0.25, -0.2) is 4.39 Å². The van der Waals surface area contributed by atoms with Gasteiger partial charge in [0.05, 0.1) is 6.61 Å². The highest BCUT2D eigenvalue weighted by atomic mass is 19.1. The fourth-order valence-electron chi connectivity index (χ4n) is 3.82. The van der Waals surface area contributed by atoms with Crippen LogP contribution in [-0.2, 0) is 18.2 Å². The standard InChI is InChI=1S/C17H21FN4O/c1-21-11-19-20-17(21)16-10-22(7-8-23-16)15-4-2-3-12-5-6-13(18)9-14(12)15/h5-6,9,11,15-16H,2-4,7-8,10H2,1H3/t15-,16-/m0/s1. The first kappa shape index (κ1) is 14.8. The van der Waals surface area contributed by atoms with Crippen LogP contribution in [0.1, 0.15) is 41.9 Å². The third kappa shape index (κ3) is 2.77. The van der Waals surface area contributed by atoms with E-state index in [4.69, 9.17) is 4.74 Å². The zero-order chi connectivity index (χ0) is 15.8. The lowest BCUT2D eigenvalue weighted by molar-refractivity contribution is -0.0530. The van der Waals surface area contributed by atoms with Gasteiger partial charge in [0, 0.05) is 26.2 Å². The Morgan fingerprint density at radius 3 is 3.09 bits per heavy atom. The van der Waals surface area contributed by atoms with Crippen molar-refractivity contribution in [1.29, 1.82) is 0 Å². The molecule has 0 N–H and O–H groups in total. The lowest BCUT2D eigenvalue weighted by atomic mass is 9.86. The predicted octanol–water partition coefficient (Wildman–Crippen LogP) is 2.41. The first-order chi connectivity index (χ1) is 11.2. The number of halogens is 1. The molecule has 1 aliphatic heterocycles. The summed E-state index contributed by atoms with van der Waals surface area (Å²) in [4.78, 5) is 2.42. The summed E-state index contributed by atoms with van der Waals surface area (Å²) in [6.45, 7) is 2.31. The van der Waals surface area contributed by atoms with Crippen LogP contribution < -0.4 is 0 Å². The molecule has 2 atom stereocenters. The molecule has 122 valence electrons. The van der Waals surface area contributed by atoms with E-state index in [1.807, 2.05) is 17.7 Å². The summed E-state index contributed by atoms with van der Waals surface area (Å²) in [5.74, 6) is 0.707. The van der Waals surface area contributed by atoms with Crippen LogP contribution in [-0.4, -0.2) is 39.4 Å². The zero-order valence-corrected chi connectivity index (χ0v) is 13.3. The van der Waals surface area contributed by atoms with E-state index in [0.717, 1.165) is 43.7 Å². The molecule has 5 nitrogen and oxygen atoms in total. The van der Waals surface area contributed by atoms with Crippen LogP contribution in [0.15, 0.2) is 24.5 Å². The molecule has 0 bridgehead atoms. The van der Waals surface area contributed by atoms with Gasteiger partial charge in [0.1, 0.15) is 18.2 Å². The van der Waals surface area contributed by atoms with Crippen molar-refractivity contribution in [2.24, 2.45) is 7.05 Å². The van der Waals surface area contributed by atoms with Crippen LogP contribution >= 0.6 is 0 Å². The van der Waals surface area contributed by atoms with Crippen molar-refractivity contribution in [3.05, 3.63) is 47.3 Å². The van der Waals surface area contributed by atoms with Gasteiger partial charge >= 0.3 is 0 Å². The SMILES string of the molecule is Cn1cnnc1[C@@H]1CN([C@H]2CCCc3ccc(F)cc32)CCO1. The maximum absolute atomic E-state index is 13.7. The predicted molar refractivity (Wildman–Crippen MR) is 83.3 cm³/mol. The largest absolute Gasteiger partial charge is 0.368 e. The number of hydrogen-bond acceptors (Lipinski definition) is 4. The molecule has 1 fully saturated rings. The Hall–Kier alpha value is -1.79. The molecule has 4 rings (SSSR count). The molecule has 1 saturated heterocycles. The molecular weight excluding hydrogens is 295 g/mol. The van der Waals surface area contributed by atoms with Crippen LogP contribution in [0.5, 0.6) is 0 Å². The number of fused-ring (bicyclic) bond motifs is 1. The molecule has 2 aliphatic rings. The summed E-state index contributed by atoms with van der Waals surface area (Å²) in [7, 11) is 1.93. The first-order valence-corrected chi connectivity index (χ1v) is 8.20. The number of benzene rings is 1. The fourth-order valence-corrected chi connectivity index (χ4v) is 3.82. The average molecular weight is 316 g/mol. The second-order valence-corrected chi connectivity index (χ2v) is 6.41. The van der Waals surface area contributed by atoms with Crippen molar-refractivity contribution in [2.75, 3.05) is 19.7 Å². The zero-order valence-electron chi connectivity index (χ0n) is 13.3. The summed E-state index contributed by atoms with van der Waals surface area (Å²) in [6.07, 6.45) is 4.89. The molecule has 2 heterocycles. The van der Waals surface area contributed by atoms with E-state index in [1.165, 1.54) is 5.56 Å². The molecule has 6 heteroatoms. The van der Waals surface area contributed by atoms with E-state index in [9.17, 15) is 4.39 Å². The molecule has 0 saturated carbocycles. The monoisotopic (exact) mass is 316 g/mol. The molecule has 1 aromatic heterocycles. The van der Waals surface area contributed by atoms with Gasteiger partial charge in [-0.15, -0.1) is 10.2 Å². The van der Waals surface area contributed by atoms with Crippen LogP contribution in [0.2, 0.25) is 0 Å². The van der Waals surface area contributed by atoms with Crippen molar-refractivity contribution in [1.82, 2.24) is 19.7 Å². The van der Waals surface area contributed by atoms with E-state index in [1.54, 1.807) is 18.5 Å². The quantitative estimate of drug-likeness (QED) is 0.853. The van der Waals surface area contributed by atoms with Crippen LogP contribution in [0, 0.1) is 5.82 Å². The summed E-state index contributed by atoms with van der Waals surface area (Å²) in [5.41, 5.74) is 2.43. The minimum Gasteiger partial charge on any atom is -0.368 e. The lowest BCUT2D eigenvalue weighted by Crippen LogP contribution is -2.42.